The molecule has 1 fully saturated rings. The number of methoxy groups -OCH3 is 1. The quantitative estimate of drug-likeness (QED) is 0.279. The summed E-state index contributed by atoms with van der Waals surface area (Å²) in [5.41, 5.74) is 7.57. The normalized spacial score (nSPS) is 17.8. The van der Waals surface area contributed by atoms with Crippen molar-refractivity contribution in [3.8, 4) is 5.75 Å². The van der Waals surface area contributed by atoms with Gasteiger partial charge < -0.3 is 25.4 Å². The zero-order valence-corrected chi connectivity index (χ0v) is 18.2. The average Bonchev–Trinajstić information content (AvgIpc) is 3.21. The average molecular weight is 443 g/mol. The third-order valence-electron chi connectivity index (χ3n) is 5.28. The molecule has 29 heavy (non-hydrogen) atoms. The Morgan fingerprint density at radius 3 is 2.90 bits per heavy atom. The van der Waals surface area contributed by atoms with Crippen molar-refractivity contribution in [1.82, 2.24) is 10.2 Å². The number of likely N-dealkylation sites (tertiary alicyclic amines) is 1. The third-order valence-corrected chi connectivity index (χ3v) is 5.84. The van der Waals surface area contributed by atoms with E-state index in [1.165, 1.54) is 0 Å². The van der Waals surface area contributed by atoms with E-state index < -0.39 is 0 Å². The fourth-order valence-electron chi connectivity index (χ4n) is 3.79. The van der Waals surface area contributed by atoms with E-state index in [2.05, 4.69) is 15.2 Å². The first-order valence-corrected chi connectivity index (χ1v) is 10.8. The largest absolute Gasteiger partial charge is 0.492 e. The maximum Gasteiger partial charge on any atom is 0.255 e. The minimum absolute atomic E-state index is 0.109. The smallest absolute Gasteiger partial charge is 0.255 e. The fourth-order valence-corrected chi connectivity index (χ4v) is 4.11. The van der Waals surface area contributed by atoms with Gasteiger partial charge in [-0.3, -0.25) is 4.79 Å². The molecule has 3 rings (SSSR count). The molecule has 0 aliphatic carbocycles. The van der Waals surface area contributed by atoms with E-state index in [1.807, 2.05) is 0 Å². The molecule has 0 unspecified atom stereocenters. The first-order chi connectivity index (χ1) is 14.0. The SMILES string of the molecule is COCCCN1CCC(NC(=O)c2cc(Cl)c(N=C(N)CCl)c3c2OCC3)CC1. The number of aliphatic imine (C=N–C) groups is 1. The van der Waals surface area contributed by atoms with Crippen LogP contribution in [-0.4, -0.2) is 68.5 Å². The Hall–Kier alpha value is -1.54. The molecular formula is C20H28Cl2N4O3. The topological polar surface area (TPSA) is 89.2 Å². The van der Waals surface area contributed by atoms with Gasteiger partial charge in [-0.05, 0) is 25.3 Å². The summed E-state index contributed by atoms with van der Waals surface area (Å²) in [6, 6.07) is 1.75. The van der Waals surface area contributed by atoms with Crippen LogP contribution >= 0.6 is 23.2 Å². The number of rotatable bonds is 8. The van der Waals surface area contributed by atoms with E-state index in [-0.39, 0.29) is 23.7 Å². The van der Waals surface area contributed by atoms with Gasteiger partial charge in [0.25, 0.3) is 5.91 Å². The van der Waals surface area contributed by atoms with E-state index in [9.17, 15) is 4.79 Å². The molecule has 3 N–H and O–H groups in total. The standard InChI is InChI=1S/C20H28Cl2N4O3/c1-28-9-2-6-26-7-3-13(4-8-26)24-20(27)15-11-16(22)18(25-17(23)12-21)14-5-10-29-19(14)15/h11,13H,2-10,12H2,1H3,(H2,23,25)(H,24,27). The second kappa shape index (κ2) is 10.5. The molecule has 2 heterocycles. The highest BCUT2D eigenvalue weighted by molar-refractivity contribution is 6.34. The van der Waals surface area contributed by atoms with Crippen LogP contribution in [0.25, 0.3) is 0 Å². The second-order valence-electron chi connectivity index (χ2n) is 7.33. The van der Waals surface area contributed by atoms with Crippen LogP contribution in [0.3, 0.4) is 0 Å². The van der Waals surface area contributed by atoms with Crippen molar-refractivity contribution in [2.75, 3.05) is 45.8 Å². The lowest BCUT2D eigenvalue weighted by atomic mass is 10.0. The Morgan fingerprint density at radius 2 is 2.21 bits per heavy atom. The Kier molecular flexibility index (Phi) is 8.00. The molecule has 1 saturated heterocycles. The van der Waals surface area contributed by atoms with Crippen molar-refractivity contribution in [1.29, 1.82) is 0 Å². The number of nitrogens with one attached hydrogen (secondary N) is 1. The van der Waals surface area contributed by atoms with Gasteiger partial charge in [-0.15, -0.1) is 11.6 Å². The van der Waals surface area contributed by atoms with Gasteiger partial charge in [0, 0.05) is 51.4 Å². The molecule has 0 aromatic heterocycles. The molecule has 9 heteroatoms. The molecule has 160 valence electrons. The fraction of sp³-hybridized carbons (Fsp3) is 0.600. The number of fused-ring (bicyclic) bond motifs is 1. The summed E-state index contributed by atoms with van der Waals surface area (Å²) in [5.74, 6) is 0.768. The van der Waals surface area contributed by atoms with Gasteiger partial charge in [-0.1, -0.05) is 11.6 Å². The molecule has 1 aromatic rings. The minimum atomic E-state index is -0.163. The van der Waals surface area contributed by atoms with Crippen LogP contribution < -0.4 is 15.8 Å². The summed E-state index contributed by atoms with van der Waals surface area (Å²) in [6.07, 6.45) is 3.50. The van der Waals surface area contributed by atoms with E-state index in [4.69, 9.17) is 38.4 Å². The predicted molar refractivity (Wildman–Crippen MR) is 116 cm³/mol. The number of amidine groups is 1. The third kappa shape index (κ3) is 5.54. The number of hydrogen-bond acceptors (Lipinski definition) is 5. The number of piperidine rings is 1. The number of nitrogens with two attached hydrogens (primary N) is 1. The molecule has 1 aromatic carbocycles. The number of benzene rings is 1. The number of alkyl halides is 1. The number of carbonyl (C=O) groups is 1. The van der Waals surface area contributed by atoms with E-state index >= 15 is 0 Å². The van der Waals surface area contributed by atoms with E-state index in [0.29, 0.717) is 35.1 Å². The minimum Gasteiger partial charge on any atom is -0.492 e. The van der Waals surface area contributed by atoms with Gasteiger partial charge in [0.15, 0.2) is 0 Å². The van der Waals surface area contributed by atoms with Gasteiger partial charge >= 0.3 is 0 Å². The predicted octanol–water partition coefficient (Wildman–Crippen LogP) is 2.73. The molecule has 2 aliphatic heterocycles. The summed E-state index contributed by atoms with van der Waals surface area (Å²) < 4.78 is 10.9. The molecule has 0 radical (unpaired) electrons. The number of nitrogens with zero attached hydrogens (tertiary/aromatic N) is 2. The van der Waals surface area contributed by atoms with Crippen molar-refractivity contribution < 1.29 is 14.3 Å². The summed E-state index contributed by atoms with van der Waals surface area (Å²) >= 11 is 12.2. The lowest BCUT2D eigenvalue weighted by Crippen LogP contribution is -2.45. The van der Waals surface area contributed by atoms with Gasteiger partial charge in [0.1, 0.15) is 11.6 Å². The van der Waals surface area contributed by atoms with Crippen LogP contribution in [0, 0.1) is 0 Å². The van der Waals surface area contributed by atoms with Crippen molar-refractivity contribution in [2.24, 2.45) is 10.7 Å². The Bertz CT molecular complexity index is 765. The molecule has 0 saturated carbocycles. The van der Waals surface area contributed by atoms with Crippen molar-refractivity contribution in [3.63, 3.8) is 0 Å². The van der Waals surface area contributed by atoms with Crippen LogP contribution in [0.2, 0.25) is 5.02 Å². The zero-order chi connectivity index (χ0) is 20.8. The van der Waals surface area contributed by atoms with Gasteiger partial charge in [0.2, 0.25) is 0 Å². The highest BCUT2D eigenvalue weighted by Gasteiger charge is 2.28. The monoisotopic (exact) mass is 442 g/mol. The molecule has 1 amide bonds. The Balaban J connectivity index is 1.66. The van der Waals surface area contributed by atoms with Crippen LogP contribution in [0.15, 0.2) is 11.1 Å². The molecule has 0 bridgehead atoms. The lowest BCUT2D eigenvalue weighted by molar-refractivity contribution is 0.0904. The summed E-state index contributed by atoms with van der Waals surface area (Å²) in [5, 5.41) is 3.52. The summed E-state index contributed by atoms with van der Waals surface area (Å²) in [6.45, 7) is 4.22. The summed E-state index contributed by atoms with van der Waals surface area (Å²) in [7, 11) is 1.72. The Morgan fingerprint density at radius 1 is 1.45 bits per heavy atom. The zero-order valence-electron chi connectivity index (χ0n) is 16.7. The Labute approximate surface area is 181 Å². The van der Waals surface area contributed by atoms with Crippen LogP contribution in [-0.2, 0) is 11.2 Å². The lowest BCUT2D eigenvalue weighted by Gasteiger charge is -2.32. The molecule has 0 spiro atoms. The van der Waals surface area contributed by atoms with Crippen LogP contribution in [0.1, 0.15) is 35.2 Å². The maximum atomic E-state index is 12.9. The first kappa shape index (κ1) is 22.2. The number of carbonyl (C=O) groups excluding carboxylic acids is 1. The van der Waals surface area contributed by atoms with Gasteiger partial charge in [-0.2, -0.15) is 0 Å². The number of ether oxygens (including phenoxy) is 2. The van der Waals surface area contributed by atoms with E-state index in [1.54, 1.807) is 13.2 Å². The summed E-state index contributed by atoms with van der Waals surface area (Å²) in [4.78, 5) is 19.7. The van der Waals surface area contributed by atoms with E-state index in [0.717, 1.165) is 51.1 Å². The van der Waals surface area contributed by atoms with Gasteiger partial charge in [0.05, 0.1) is 28.8 Å². The maximum absolute atomic E-state index is 12.9. The highest BCUT2D eigenvalue weighted by atomic mass is 35.5. The molecule has 2 aliphatic rings. The van der Waals surface area contributed by atoms with Crippen LogP contribution in [0.4, 0.5) is 5.69 Å². The highest BCUT2D eigenvalue weighted by Crippen LogP contribution is 2.42. The number of hydrogen-bond donors (Lipinski definition) is 2. The van der Waals surface area contributed by atoms with Crippen molar-refractivity contribution >= 4 is 40.6 Å². The number of amides is 1. The van der Waals surface area contributed by atoms with Gasteiger partial charge in [-0.25, -0.2) is 4.99 Å². The number of halogens is 2. The van der Waals surface area contributed by atoms with Crippen LogP contribution in [0.5, 0.6) is 5.75 Å². The van der Waals surface area contributed by atoms with Crippen molar-refractivity contribution in [3.05, 3.63) is 22.2 Å². The molecular weight excluding hydrogens is 415 g/mol. The molecule has 0 atom stereocenters. The second-order valence-corrected chi connectivity index (χ2v) is 8.01. The molecule has 7 nitrogen and oxygen atoms in total. The first-order valence-electron chi connectivity index (χ1n) is 9.92. The van der Waals surface area contributed by atoms with Crippen molar-refractivity contribution in [2.45, 2.75) is 31.7 Å².